The van der Waals surface area contributed by atoms with Gasteiger partial charge < -0.3 is 9.72 Å². The molecule has 0 radical (unpaired) electrons. The minimum atomic E-state index is -0.582. The molecule has 2 aromatic carbocycles. The lowest BCUT2D eigenvalue weighted by Gasteiger charge is -2.08. The first-order valence-electron chi connectivity index (χ1n) is 6.78. The molecule has 0 fully saturated rings. The summed E-state index contributed by atoms with van der Waals surface area (Å²) in [6.45, 7) is 0. The van der Waals surface area contributed by atoms with Gasteiger partial charge in [0.1, 0.15) is 11.6 Å². The topological polar surface area (TPSA) is 42.1 Å². The van der Waals surface area contributed by atoms with Gasteiger partial charge in [-0.1, -0.05) is 24.3 Å². The van der Waals surface area contributed by atoms with Gasteiger partial charge >= 0.3 is 0 Å². The highest BCUT2D eigenvalue weighted by molar-refractivity contribution is 6.10. The number of nitrogens with one attached hydrogen (secondary N) is 1. The summed E-state index contributed by atoms with van der Waals surface area (Å²) in [7, 11) is 0. The maximum absolute atomic E-state index is 14.0. The number of ether oxygens (including phenoxy) is 1. The monoisotopic (exact) mass is 281 g/mol. The maximum atomic E-state index is 14.0. The Hall–Kier alpha value is -2.62. The van der Waals surface area contributed by atoms with Crippen LogP contribution in [0.25, 0.3) is 10.9 Å². The second kappa shape index (κ2) is 4.45. The summed E-state index contributed by atoms with van der Waals surface area (Å²) in [5.41, 5.74) is 1.98. The molecule has 1 atom stereocenters. The first-order valence-corrected chi connectivity index (χ1v) is 6.78. The minimum Gasteiger partial charge on any atom is -0.482 e. The van der Waals surface area contributed by atoms with E-state index >= 15 is 0 Å². The van der Waals surface area contributed by atoms with Crippen LogP contribution in [0, 0.1) is 5.82 Å². The van der Waals surface area contributed by atoms with E-state index in [4.69, 9.17) is 4.74 Å². The van der Waals surface area contributed by atoms with Crippen molar-refractivity contribution in [2.45, 2.75) is 12.5 Å². The van der Waals surface area contributed by atoms with E-state index < -0.39 is 11.9 Å². The van der Waals surface area contributed by atoms with E-state index in [0.29, 0.717) is 22.9 Å². The van der Waals surface area contributed by atoms with Gasteiger partial charge in [0.15, 0.2) is 6.10 Å². The summed E-state index contributed by atoms with van der Waals surface area (Å²) in [4.78, 5) is 15.6. The van der Waals surface area contributed by atoms with Gasteiger partial charge in [-0.05, 0) is 23.8 Å². The van der Waals surface area contributed by atoms with Crippen molar-refractivity contribution < 1.29 is 13.9 Å². The molecule has 4 rings (SSSR count). The number of rotatable bonds is 2. The van der Waals surface area contributed by atoms with Crippen LogP contribution in [0.5, 0.6) is 5.75 Å². The summed E-state index contributed by atoms with van der Waals surface area (Å²) in [6, 6.07) is 12.3. The third-order valence-electron chi connectivity index (χ3n) is 3.86. The van der Waals surface area contributed by atoms with Crippen molar-refractivity contribution in [2.75, 3.05) is 0 Å². The lowest BCUT2D eigenvalue weighted by atomic mass is 10.0. The molecule has 1 aromatic heterocycles. The number of aromatic amines is 1. The van der Waals surface area contributed by atoms with Crippen LogP contribution in [0.2, 0.25) is 0 Å². The Morgan fingerprint density at radius 1 is 1.19 bits per heavy atom. The number of hydrogen-bond acceptors (Lipinski definition) is 2. The van der Waals surface area contributed by atoms with Gasteiger partial charge in [0.05, 0.1) is 0 Å². The standard InChI is InChI=1S/C17H12FNO2/c18-12-5-3-6-13-16(12)11(9-19-13)17(20)15-8-10-4-1-2-7-14(10)21-15/h1-7,9,15,19H,8H2. The molecule has 4 heteroatoms. The average Bonchev–Trinajstić information content (AvgIpc) is 3.11. The molecule has 0 spiro atoms. The van der Waals surface area contributed by atoms with Gasteiger partial charge in [0.25, 0.3) is 0 Å². The first kappa shape index (κ1) is 12.1. The Morgan fingerprint density at radius 2 is 2.05 bits per heavy atom. The molecular weight excluding hydrogens is 269 g/mol. The second-order valence-electron chi connectivity index (χ2n) is 5.15. The van der Waals surface area contributed by atoms with E-state index in [-0.39, 0.29) is 5.78 Å². The molecule has 21 heavy (non-hydrogen) atoms. The molecule has 3 aromatic rings. The predicted octanol–water partition coefficient (Wildman–Crippen LogP) is 3.49. The Balaban J connectivity index is 1.73. The van der Waals surface area contributed by atoms with Crippen LogP contribution in [-0.2, 0) is 6.42 Å². The lowest BCUT2D eigenvalue weighted by Crippen LogP contribution is -2.25. The van der Waals surface area contributed by atoms with E-state index in [1.807, 2.05) is 24.3 Å². The van der Waals surface area contributed by atoms with Gasteiger partial charge in [-0.25, -0.2) is 4.39 Å². The summed E-state index contributed by atoms with van der Waals surface area (Å²) in [5.74, 6) is 0.145. The molecule has 1 aliphatic heterocycles. The highest BCUT2D eigenvalue weighted by atomic mass is 19.1. The van der Waals surface area contributed by atoms with E-state index in [1.54, 1.807) is 18.3 Å². The minimum absolute atomic E-state index is 0.192. The van der Waals surface area contributed by atoms with Crippen molar-refractivity contribution in [3.05, 3.63) is 65.6 Å². The summed E-state index contributed by atoms with van der Waals surface area (Å²) in [5, 5.41) is 0.335. The van der Waals surface area contributed by atoms with Crippen LogP contribution in [0.4, 0.5) is 4.39 Å². The van der Waals surface area contributed by atoms with Gasteiger partial charge in [0, 0.05) is 29.1 Å². The number of halogens is 1. The number of ketones is 1. The van der Waals surface area contributed by atoms with Crippen LogP contribution in [-0.4, -0.2) is 16.9 Å². The highest BCUT2D eigenvalue weighted by Crippen LogP contribution is 2.31. The van der Waals surface area contributed by atoms with Crippen molar-refractivity contribution in [2.24, 2.45) is 0 Å². The number of carbonyl (C=O) groups is 1. The zero-order valence-electron chi connectivity index (χ0n) is 11.1. The first-order chi connectivity index (χ1) is 10.2. The number of carbonyl (C=O) groups excluding carboxylic acids is 1. The fourth-order valence-electron chi connectivity index (χ4n) is 2.84. The third-order valence-corrected chi connectivity index (χ3v) is 3.86. The molecule has 3 nitrogen and oxygen atoms in total. The number of H-pyrrole nitrogens is 1. The molecule has 1 unspecified atom stereocenters. The van der Waals surface area contributed by atoms with E-state index in [0.717, 1.165) is 11.3 Å². The van der Waals surface area contributed by atoms with Crippen molar-refractivity contribution in [3.63, 3.8) is 0 Å². The van der Waals surface area contributed by atoms with Gasteiger partial charge in [-0.3, -0.25) is 4.79 Å². The number of para-hydroxylation sites is 1. The Morgan fingerprint density at radius 3 is 2.90 bits per heavy atom. The Kier molecular flexibility index (Phi) is 2.57. The molecule has 2 heterocycles. The number of fused-ring (bicyclic) bond motifs is 2. The van der Waals surface area contributed by atoms with Crippen molar-refractivity contribution in [3.8, 4) is 5.75 Å². The Bertz CT molecular complexity index is 828. The van der Waals surface area contributed by atoms with Gasteiger partial charge in [-0.15, -0.1) is 0 Å². The third kappa shape index (κ3) is 1.83. The average molecular weight is 281 g/mol. The summed E-state index contributed by atoms with van der Waals surface area (Å²) in [6.07, 6.45) is 1.50. The molecule has 1 aliphatic rings. The van der Waals surface area contributed by atoms with Crippen LogP contribution < -0.4 is 4.74 Å². The number of benzene rings is 2. The fraction of sp³-hybridized carbons (Fsp3) is 0.118. The van der Waals surface area contributed by atoms with Gasteiger partial charge in [0.2, 0.25) is 5.78 Å². The smallest absolute Gasteiger partial charge is 0.205 e. The van der Waals surface area contributed by atoms with Crippen molar-refractivity contribution in [1.82, 2.24) is 4.98 Å². The quantitative estimate of drug-likeness (QED) is 0.730. The molecule has 104 valence electrons. The molecule has 0 saturated carbocycles. The van der Waals surface area contributed by atoms with E-state index in [9.17, 15) is 9.18 Å². The van der Waals surface area contributed by atoms with Crippen molar-refractivity contribution >= 4 is 16.7 Å². The fourth-order valence-corrected chi connectivity index (χ4v) is 2.84. The number of hydrogen-bond donors (Lipinski definition) is 1. The Labute approximate surface area is 120 Å². The SMILES string of the molecule is O=C(c1c[nH]c2cccc(F)c12)C1Cc2ccccc2O1. The van der Waals surface area contributed by atoms with Crippen LogP contribution in [0.15, 0.2) is 48.7 Å². The largest absolute Gasteiger partial charge is 0.482 e. The summed E-state index contributed by atoms with van der Waals surface area (Å²) >= 11 is 0. The van der Waals surface area contributed by atoms with Crippen LogP contribution >= 0.6 is 0 Å². The van der Waals surface area contributed by atoms with Crippen molar-refractivity contribution in [1.29, 1.82) is 0 Å². The highest BCUT2D eigenvalue weighted by Gasteiger charge is 2.31. The lowest BCUT2D eigenvalue weighted by molar-refractivity contribution is 0.0826. The predicted molar refractivity (Wildman–Crippen MR) is 77.1 cm³/mol. The number of Topliss-reactive ketones (excluding diaryl/α,β-unsaturated/α-hetero) is 1. The van der Waals surface area contributed by atoms with E-state index in [1.165, 1.54) is 6.07 Å². The van der Waals surface area contributed by atoms with Crippen LogP contribution in [0.3, 0.4) is 0 Å². The van der Waals surface area contributed by atoms with Crippen LogP contribution in [0.1, 0.15) is 15.9 Å². The molecule has 1 N–H and O–H groups in total. The number of aromatic nitrogens is 1. The molecule has 0 saturated heterocycles. The molecule has 0 bridgehead atoms. The zero-order valence-corrected chi connectivity index (χ0v) is 11.1. The normalized spacial score (nSPS) is 16.7. The maximum Gasteiger partial charge on any atom is 0.205 e. The molecule has 0 amide bonds. The van der Waals surface area contributed by atoms with E-state index in [2.05, 4.69) is 4.98 Å². The second-order valence-corrected chi connectivity index (χ2v) is 5.15. The zero-order chi connectivity index (χ0) is 14.4. The van der Waals surface area contributed by atoms with Gasteiger partial charge in [-0.2, -0.15) is 0 Å². The molecular formula is C17H12FNO2. The summed E-state index contributed by atoms with van der Waals surface area (Å²) < 4.78 is 19.7. The molecule has 0 aliphatic carbocycles.